The number of fused-ring (bicyclic) bond motifs is 7. The van der Waals surface area contributed by atoms with Crippen molar-refractivity contribution in [2.75, 3.05) is 26.2 Å². The molecule has 2 aliphatic heterocycles. The minimum atomic E-state index is -0.741. The molecule has 6 nitrogen and oxygen atoms in total. The van der Waals surface area contributed by atoms with Crippen LogP contribution < -0.4 is 0 Å². The summed E-state index contributed by atoms with van der Waals surface area (Å²) in [5.41, 5.74) is 9.95. The third-order valence-corrected chi connectivity index (χ3v) is 18.2. The number of hydrogen-bond donors (Lipinski definition) is 2. The zero-order chi connectivity index (χ0) is 39.3. The monoisotopic (exact) mass is 741 g/mol. The Kier molecular flexibility index (Phi) is 9.82. The van der Waals surface area contributed by atoms with Crippen LogP contribution in [-0.4, -0.2) is 58.1 Å². The summed E-state index contributed by atoms with van der Waals surface area (Å²) in [5, 5.41) is 19.9. The van der Waals surface area contributed by atoms with E-state index < -0.39 is 11.9 Å². The van der Waals surface area contributed by atoms with E-state index in [9.17, 15) is 19.8 Å². The van der Waals surface area contributed by atoms with Gasteiger partial charge in [-0.15, -0.1) is 0 Å². The second-order valence-corrected chi connectivity index (χ2v) is 21.3. The largest absolute Gasteiger partial charge is 0.480 e. The standard InChI is InChI=1S/C48H72N2O4/c1-29(2)34-14-19-48(24-37-32(5)22-30(3)25-49(37)27-40(51)52)21-20-46(10)35(42(34)48)12-13-39-45(9)17-15-36(44(7,8)38(45)16-18-47(39,46)11)43-33(6)23-31(4)26-50(43)28-41(53)54/h22-23,34-36,38-39,42H,1,12-21,24-28H2,2-11H3,(H,51,52)(H,53,54)/t34-,35+,36?,38-,39+,42+,45-,46+,47+,48+/m0/s1. The summed E-state index contributed by atoms with van der Waals surface area (Å²) in [6, 6.07) is 0. The van der Waals surface area contributed by atoms with Gasteiger partial charge in [-0.05, 0) is 173 Å². The highest BCUT2D eigenvalue weighted by Crippen LogP contribution is 2.78. The number of nitrogens with zero attached hydrogens (tertiary/aromatic N) is 2. The van der Waals surface area contributed by atoms with Crippen LogP contribution in [0.4, 0.5) is 0 Å². The quantitative estimate of drug-likeness (QED) is 0.241. The van der Waals surface area contributed by atoms with Crippen LogP contribution in [0.15, 0.2) is 58.0 Å². The molecule has 2 heterocycles. The lowest BCUT2D eigenvalue weighted by Crippen LogP contribution is -2.66. The molecule has 298 valence electrons. The summed E-state index contributed by atoms with van der Waals surface area (Å²) in [5.74, 6) is 1.90. The topological polar surface area (TPSA) is 81.1 Å². The summed E-state index contributed by atoms with van der Waals surface area (Å²) in [4.78, 5) is 28.6. The van der Waals surface area contributed by atoms with Gasteiger partial charge in [0.05, 0.1) is 0 Å². The van der Waals surface area contributed by atoms with Crippen LogP contribution in [0.3, 0.4) is 0 Å². The van der Waals surface area contributed by atoms with Gasteiger partial charge < -0.3 is 20.0 Å². The van der Waals surface area contributed by atoms with Crippen LogP contribution in [0.25, 0.3) is 0 Å². The van der Waals surface area contributed by atoms with E-state index in [4.69, 9.17) is 0 Å². The van der Waals surface area contributed by atoms with E-state index >= 15 is 0 Å². The number of carboxylic acids is 2. The molecule has 0 saturated heterocycles. The van der Waals surface area contributed by atoms with Crippen LogP contribution >= 0.6 is 0 Å². The lowest BCUT2D eigenvalue weighted by atomic mass is 9.31. The van der Waals surface area contributed by atoms with Crippen molar-refractivity contribution in [3.8, 4) is 0 Å². The number of carbonyl (C=O) groups is 2. The number of carboxylic acid groups (broad SMARTS) is 2. The van der Waals surface area contributed by atoms with Crippen molar-refractivity contribution in [3.63, 3.8) is 0 Å². The zero-order valence-corrected chi connectivity index (χ0v) is 35.5. The van der Waals surface area contributed by atoms with Gasteiger partial charge in [0.1, 0.15) is 13.1 Å². The molecule has 0 spiro atoms. The third kappa shape index (κ3) is 5.91. The number of hydrogen-bond acceptors (Lipinski definition) is 4. The predicted octanol–water partition coefficient (Wildman–Crippen LogP) is 10.9. The summed E-state index contributed by atoms with van der Waals surface area (Å²) in [6.07, 6.45) is 18.0. The van der Waals surface area contributed by atoms with Crippen molar-refractivity contribution in [3.05, 3.63) is 58.0 Å². The van der Waals surface area contributed by atoms with Gasteiger partial charge in [0, 0.05) is 30.4 Å². The van der Waals surface area contributed by atoms with Crippen molar-refractivity contribution in [2.24, 2.45) is 62.6 Å². The molecule has 54 heavy (non-hydrogen) atoms. The van der Waals surface area contributed by atoms with Crippen LogP contribution in [0.2, 0.25) is 0 Å². The Bertz CT molecular complexity index is 1730. The average molecular weight is 741 g/mol. The normalized spacial score (nSPS) is 41.7. The van der Waals surface area contributed by atoms with Crippen LogP contribution in [0.5, 0.6) is 0 Å². The number of rotatable bonds is 8. The van der Waals surface area contributed by atoms with E-state index in [1.54, 1.807) is 0 Å². The summed E-state index contributed by atoms with van der Waals surface area (Å²) >= 11 is 0. The first-order valence-corrected chi connectivity index (χ1v) is 21.5. The maximum Gasteiger partial charge on any atom is 0.323 e. The lowest BCUT2D eigenvalue weighted by molar-refractivity contribution is -0.241. The van der Waals surface area contributed by atoms with Crippen LogP contribution in [-0.2, 0) is 9.59 Å². The molecule has 1 unspecified atom stereocenters. The molecule has 5 fully saturated rings. The zero-order valence-electron chi connectivity index (χ0n) is 35.5. The van der Waals surface area contributed by atoms with E-state index in [2.05, 4.69) is 97.8 Å². The Labute approximate surface area is 327 Å². The second-order valence-electron chi connectivity index (χ2n) is 21.3. The van der Waals surface area contributed by atoms with Crippen molar-refractivity contribution in [1.82, 2.24) is 9.80 Å². The summed E-state index contributed by atoms with van der Waals surface area (Å²) in [7, 11) is 0. The van der Waals surface area contributed by atoms with E-state index in [1.165, 1.54) is 97.0 Å². The van der Waals surface area contributed by atoms with E-state index in [0.29, 0.717) is 48.6 Å². The maximum absolute atomic E-state index is 12.1. The fraction of sp³-hybridized carbons (Fsp3) is 0.750. The molecule has 0 radical (unpaired) electrons. The molecular formula is C48H72N2O4. The van der Waals surface area contributed by atoms with E-state index in [0.717, 1.165) is 12.8 Å². The molecule has 10 atom stereocenters. The lowest BCUT2D eigenvalue weighted by Gasteiger charge is -2.73. The first kappa shape index (κ1) is 39.5. The Balaban J connectivity index is 1.21. The average Bonchev–Trinajstić information content (AvgIpc) is 3.43. The number of allylic oxidation sites excluding steroid dienone is 7. The Morgan fingerprint density at radius 1 is 0.741 bits per heavy atom. The molecule has 7 rings (SSSR count). The van der Waals surface area contributed by atoms with Gasteiger partial charge in [0.25, 0.3) is 0 Å². The molecule has 0 amide bonds. The molecule has 5 aliphatic carbocycles. The van der Waals surface area contributed by atoms with Gasteiger partial charge >= 0.3 is 11.9 Å². The van der Waals surface area contributed by atoms with Crippen molar-refractivity contribution >= 4 is 11.9 Å². The fourth-order valence-corrected chi connectivity index (χ4v) is 16.1. The molecule has 0 aromatic rings. The second kappa shape index (κ2) is 13.4. The highest BCUT2D eigenvalue weighted by molar-refractivity contribution is 5.70. The fourth-order valence-electron chi connectivity index (χ4n) is 16.1. The summed E-state index contributed by atoms with van der Waals surface area (Å²) in [6.45, 7) is 30.4. The highest BCUT2D eigenvalue weighted by atomic mass is 16.4. The van der Waals surface area contributed by atoms with Crippen molar-refractivity contribution in [1.29, 1.82) is 0 Å². The Hall–Kier alpha value is -2.76. The van der Waals surface area contributed by atoms with Gasteiger partial charge in [-0.25, -0.2) is 0 Å². The molecule has 0 bridgehead atoms. The molecule has 0 aromatic carbocycles. The smallest absolute Gasteiger partial charge is 0.323 e. The first-order chi connectivity index (χ1) is 25.2. The summed E-state index contributed by atoms with van der Waals surface area (Å²) < 4.78 is 0. The van der Waals surface area contributed by atoms with Crippen LogP contribution in [0.1, 0.15) is 140 Å². The molecule has 0 aromatic heterocycles. The minimum Gasteiger partial charge on any atom is -0.480 e. The van der Waals surface area contributed by atoms with Gasteiger partial charge in [-0.3, -0.25) is 9.59 Å². The van der Waals surface area contributed by atoms with Gasteiger partial charge in [-0.1, -0.05) is 70.1 Å². The first-order valence-electron chi connectivity index (χ1n) is 21.5. The van der Waals surface area contributed by atoms with Gasteiger partial charge in [0.2, 0.25) is 0 Å². The molecular weight excluding hydrogens is 669 g/mol. The molecule has 7 aliphatic rings. The van der Waals surface area contributed by atoms with E-state index in [1.807, 2.05) is 0 Å². The van der Waals surface area contributed by atoms with Crippen molar-refractivity contribution in [2.45, 2.75) is 140 Å². The number of aliphatic carboxylic acids is 2. The molecule has 6 heteroatoms. The minimum absolute atomic E-state index is 0.0664. The Morgan fingerprint density at radius 3 is 2.02 bits per heavy atom. The van der Waals surface area contributed by atoms with Gasteiger partial charge in [-0.2, -0.15) is 0 Å². The Morgan fingerprint density at radius 2 is 1.37 bits per heavy atom. The SMILES string of the molecule is C=C(C)[C@@H]1CC[C@]2(CC3=C(C)C=C(C)CN3CC(=O)O)CC[C@]3(C)[C@H](CC[C@@H]4[C@@]5(C)CCC(C6=C(C)C=C(C)CN6CC(=O)O)C(C)(C)[C@@H]5CC[C@]43C)[C@@H]12. The maximum atomic E-state index is 12.1. The van der Waals surface area contributed by atoms with E-state index in [-0.39, 0.29) is 40.2 Å². The molecule has 5 saturated carbocycles. The highest BCUT2D eigenvalue weighted by Gasteiger charge is 2.71. The predicted molar refractivity (Wildman–Crippen MR) is 218 cm³/mol. The third-order valence-electron chi connectivity index (χ3n) is 18.2. The van der Waals surface area contributed by atoms with Gasteiger partial charge in [0.15, 0.2) is 0 Å². The van der Waals surface area contributed by atoms with Crippen LogP contribution in [0, 0.1) is 62.6 Å². The molecule has 2 N–H and O–H groups in total. The van der Waals surface area contributed by atoms with Crippen molar-refractivity contribution < 1.29 is 19.8 Å².